The van der Waals surface area contributed by atoms with Crippen molar-refractivity contribution in [3.63, 3.8) is 0 Å². The van der Waals surface area contributed by atoms with E-state index in [1.807, 2.05) is 4.74 Å². The van der Waals surface area contributed by atoms with Crippen LogP contribution in [-0.2, 0) is 4.74 Å². The van der Waals surface area contributed by atoms with E-state index in [1.54, 1.807) is 0 Å². The van der Waals surface area contributed by atoms with Crippen molar-refractivity contribution in [3.8, 4) is 0 Å². The minimum atomic E-state index is -6.39. The summed E-state index contributed by atoms with van der Waals surface area (Å²) in [6, 6.07) is 0. The highest BCUT2D eigenvalue weighted by Crippen LogP contribution is 2.53. The standard InChI is InChI=1S/C6F11IO/c7-1(2(8)9)3(10,11)19-6(16,17)4(12,18)5(13,14)15. The second-order valence-electron chi connectivity index (χ2n) is 2.78. The van der Waals surface area contributed by atoms with Gasteiger partial charge in [0.2, 0.25) is 0 Å². The van der Waals surface area contributed by atoms with Crippen LogP contribution in [0.15, 0.2) is 11.9 Å². The molecule has 0 aromatic heterocycles. The average Bonchev–Trinajstić information content (AvgIpc) is 2.12. The van der Waals surface area contributed by atoms with Crippen LogP contribution in [0.5, 0.6) is 0 Å². The Morgan fingerprint density at radius 2 is 1.16 bits per heavy atom. The fourth-order valence-electron chi connectivity index (χ4n) is 0.545. The summed E-state index contributed by atoms with van der Waals surface area (Å²) in [5, 5.41) is 0. The maximum absolute atomic E-state index is 12.7. The molecule has 1 nitrogen and oxygen atoms in total. The van der Waals surface area contributed by atoms with Gasteiger partial charge in [-0.2, -0.15) is 43.9 Å². The highest BCUT2D eigenvalue weighted by Gasteiger charge is 2.74. The second kappa shape index (κ2) is 5.21. The Morgan fingerprint density at radius 3 is 1.42 bits per heavy atom. The van der Waals surface area contributed by atoms with Gasteiger partial charge in [-0.3, -0.25) is 0 Å². The van der Waals surface area contributed by atoms with Crippen molar-refractivity contribution in [1.82, 2.24) is 0 Å². The van der Waals surface area contributed by atoms with Gasteiger partial charge in [-0.05, 0) is 22.6 Å². The van der Waals surface area contributed by atoms with Gasteiger partial charge in [0.15, 0.2) is 0 Å². The number of alkyl halides is 9. The van der Waals surface area contributed by atoms with Crippen molar-refractivity contribution in [3.05, 3.63) is 11.9 Å². The van der Waals surface area contributed by atoms with Crippen molar-refractivity contribution in [2.75, 3.05) is 0 Å². The lowest BCUT2D eigenvalue weighted by Gasteiger charge is -2.31. The van der Waals surface area contributed by atoms with E-state index in [2.05, 4.69) is 0 Å². The van der Waals surface area contributed by atoms with Crippen LogP contribution in [-0.4, -0.2) is 22.1 Å². The van der Waals surface area contributed by atoms with Crippen molar-refractivity contribution in [2.24, 2.45) is 0 Å². The molecule has 0 aliphatic rings. The molecular formula is C6F11IO. The van der Waals surface area contributed by atoms with Gasteiger partial charge in [-0.25, -0.2) is 9.13 Å². The van der Waals surface area contributed by atoms with Crippen molar-refractivity contribution >= 4 is 22.6 Å². The van der Waals surface area contributed by atoms with E-state index in [4.69, 9.17) is 0 Å². The topological polar surface area (TPSA) is 9.23 Å². The lowest BCUT2D eigenvalue weighted by Crippen LogP contribution is -2.54. The molecule has 0 aliphatic heterocycles. The van der Waals surface area contributed by atoms with Gasteiger partial charge in [0, 0.05) is 0 Å². The third-order valence-electron chi connectivity index (χ3n) is 1.40. The first-order valence-corrected chi connectivity index (χ1v) is 4.75. The van der Waals surface area contributed by atoms with E-state index in [0.717, 1.165) is 0 Å². The highest BCUT2D eigenvalue weighted by molar-refractivity contribution is 14.1. The van der Waals surface area contributed by atoms with Crippen LogP contribution in [0.1, 0.15) is 0 Å². The number of rotatable bonds is 4. The van der Waals surface area contributed by atoms with E-state index in [1.165, 1.54) is 0 Å². The number of ether oxygens (including phenoxy) is 1. The third kappa shape index (κ3) is 3.82. The number of hydrogen-bond donors (Lipinski definition) is 0. The number of hydrogen-bond acceptors (Lipinski definition) is 1. The molecule has 13 heteroatoms. The molecule has 0 bridgehead atoms. The summed E-state index contributed by atoms with van der Waals surface area (Å²) < 4.78 is 129. The van der Waals surface area contributed by atoms with E-state index in [0.29, 0.717) is 0 Å². The zero-order chi connectivity index (χ0) is 15.9. The SMILES string of the molecule is FC(F)=C(F)C(F)(F)OC(F)(F)C(F)(I)C(F)(F)F. The van der Waals surface area contributed by atoms with Crippen LogP contribution in [0.2, 0.25) is 0 Å². The largest absolute Gasteiger partial charge is 0.440 e. The second-order valence-corrected chi connectivity index (χ2v) is 4.27. The summed E-state index contributed by atoms with van der Waals surface area (Å²) >= 11 is -0.620. The van der Waals surface area contributed by atoms with E-state index < -0.39 is 56.6 Å². The molecule has 0 rings (SSSR count). The lowest BCUT2D eigenvalue weighted by molar-refractivity contribution is -0.413. The Hall–Kier alpha value is -0.340. The fourth-order valence-corrected chi connectivity index (χ4v) is 0.655. The van der Waals surface area contributed by atoms with Crippen LogP contribution in [0.25, 0.3) is 0 Å². The van der Waals surface area contributed by atoms with Gasteiger partial charge in [0.05, 0.1) is 0 Å². The first kappa shape index (κ1) is 18.7. The molecule has 0 aromatic carbocycles. The monoisotopic (exact) mass is 424 g/mol. The maximum atomic E-state index is 12.7. The van der Waals surface area contributed by atoms with Crippen LogP contribution >= 0.6 is 22.6 Å². The zero-order valence-corrected chi connectivity index (χ0v) is 10.1. The van der Waals surface area contributed by atoms with E-state index >= 15 is 0 Å². The maximum Gasteiger partial charge on any atom is 0.440 e. The van der Waals surface area contributed by atoms with Crippen LogP contribution in [0.3, 0.4) is 0 Å². The molecule has 0 heterocycles. The van der Waals surface area contributed by atoms with Gasteiger partial charge in [-0.1, -0.05) is 0 Å². The molecule has 19 heavy (non-hydrogen) atoms. The Balaban J connectivity index is 5.46. The molecule has 0 saturated carbocycles. The van der Waals surface area contributed by atoms with Crippen molar-refractivity contribution in [1.29, 1.82) is 0 Å². The Morgan fingerprint density at radius 1 is 0.789 bits per heavy atom. The minimum absolute atomic E-state index is 0.620. The Labute approximate surface area is 110 Å². The molecule has 0 radical (unpaired) electrons. The summed E-state index contributed by atoms with van der Waals surface area (Å²) in [7, 11) is 0. The molecule has 0 N–H and O–H groups in total. The van der Waals surface area contributed by atoms with Gasteiger partial charge >= 0.3 is 28.1 Å². The van der Waals surface area contributed by atoms with Gasteiger partial charge < -0.3 is 0 Å². The summed E-state index contributed by atoms with van der Waals surface area (Å²) in [6.45, 7) is 0. The molecular weight excluding hydrogens is 424 g/mol. The zero-order valence-electron chi connectivity index (χ0n) is 7.94. The Bertz CT molecular complexity index is 366. The summed E-state index contributed by atoms with van der Waals surface area (Å²) in [5.74, 6) is -3.86. The van der Waals surface area contributed by atoms with E-state index in [9.17, 15) is 48.3 Å². The third-order valence-corrected chi connectivity index (χ3v) is 2.64. The smallest absolute Gasteiger partial charge is 0.246 e. The molecule has 0 spiro atoms. The first-order chi connectivity index (χ1) is 8.06. The quantitative estimate of drug-likeness (QED) is 0.354. The molecule has 0 aliphatic carbocycles. The van der Waals surface area contributed by atoms with Crippen LogP contribution in [0.4, 0.5) is 48.3 Å². The highest BCUT2D eigenvalue weighted by atomic mass is 127. The molecule has 1 atom stereocenters. The molecule has 0 saturated heterocycles. The van der Waals surface area contributed by atoms with Gasteiger partial charge in [-0.15, -0.1) is 0 Å². The summed E-state index contributed by atoms with van der Waals surface area (Å²) in [6.07, 6.45) is -22.7. The normalized spacial score (nSPS) is 17.1. The molecule has 114 valence electrons. The summed E-state index contributed by atoms with van der Waals surface area (Å²) in [4.78, 5) is 0. The summed E-state index contributed by atoms with van der Waals surface area (Å²) in [5.41, 5.74) is 0. The van der Waals surface area contributed by atoms with E-state index in [-0.39, 0.29) is 0 Å². The van der Waals surface area contributed by atoms with Crippen molar-refractivity contribution < 1.29 is 53.0 Å². The number of halogens is 12. The molecule has 0 fully saturated rings. The first-order valence-electron chi connectivity index (χ1n) is 3.68. The average molecular weight is 424 g/mol. The lowest BCUT2D eigenvalue weighted by atomic mass is 10.3. The van der Waals surface area contributed by atoms with Gasteiger partial charge in [0.1, 0.15) is 0 Å². The predicted octanol–water partition coefficient (Wildman–Crippen LogP) is 4.93. The molecule has 0 amide bonds. The predicted molar refractivity (Wildman–Crippen MR) is 45.2 cm³/mol. The van der Waals surface area contributed by atoms with Crippen LogP contribution in [0, 0.1) is 0 Å². The van der Waals surface area contributed by atoms with Crippen molar-refractivity contribution in [2.45, 2.75) is 22.1 Å². The van der Waals surface area contributed by atoms with Crippen LogP contribution < -0.4 is 0 Å². The fraction of sp³-hybridized carbons (Fsp3) is 0.667. The Kier molecular flexibility index (Phi) is 5.12. The molecule has 0 aromatic rings. The minimum Gasteiger partial charge on any atom is -0.246 e. The molecule has 1 unspecified atom stereocenters. The van der Waals surface area contributed by atoms with Gasteiger partial charge in [0.25, 0.3) is 5.83 Å².